The van der Waals surface area contributed by atoms with Gasteiger partial charge in [0.05, 0.1) is 64.2 Å². The first kappa shape index (κ1) is 65.9. The number of ether oxygens (including phenoxy) is 1. The first-order valence-electron chi connectivity index (χ1n) is 27.0. The first-order chi connectivity index (χ1) is 38.4. The number of benzene rings is 4. The van der Waals surface area contributed by atoms with Gasteiger partial charge in [0.15, 0.2) is 23.2 Å². The SMILES string of the molecule is CN1CCC(c2ccc(F)c(C(=O)CNS(=O)(=O)C3CCCCC3)c2)C1.COCCN1CCCC(CS(=O)(=O)NCC(=O)c2cc(-c3cccc(F)c3)cc(C)c2F)C1.O=C(CNS(=O)(=O)C1CCNCC1)c1cc(Cl)cc(Cl)c1F. The first-order valence-corrected chi connectivity index (χ1v) is 32.5. The molecule has 4 fully saturated rings. The molecule has 8 rings (SSSR count). The summed E-state index contributed by atoms with van der Waals surface area (Å²) in [7, 11) is -7.20. The fourth-order valence-corrected chi connectivity index (χ4v) is 15.2. The van der Waals surface area contributed by atoms with Gasteiger partial charge in [-0.1, -0.05) is 60.7 Å². The minimum atomic E-state index is -3.72. The number of halogens is 6. The maximum absolute atomic E-state index is 14.7. The molecule has 4 aromatic carbocycles. The third kappa shape index (κ3) is 19.7. The van der Waals surface area contributed by atoms with Crippen LogP contribution in [0.5, 0.6) is 0 Å². The van der Waals surface area contributed by atoms with Crippen molar-refractivity contribution in [2.24, 2.45) is 5.92 Å². The smallest absolute Gasteiger partial charge is 0.214 e. The van der Waals surface area contributed by atoms with Gasteiger partial charge in [0.1, 0.15) is 17.5 Å². The van der Waals surface area contributed by atoms with Crippen molar-refractivity contribution in [1.29, 1.82) is 0 Å². The van der Waals surface area contributed by atoms with Gasteiger partial charge in [-0.15, -0.1) is 0 Å². The summed E-state index contributed by atoms with van der Waals surface area (Å²) in [5.74, 6) is -4.42. The number of carbonyl (C=O) groups is 3. The summed E-state index contributed by atoms with van der Waals surface area (Å²) in [6.07, 6.45) is 7.72. The van der Waals surface area contributed by atoms with Crippen LogP contribution in [0.15, 0.2) is 66.7 Å². The van der Waals surface area contributed by atoms with Crippen molar-refractivity contribution < 1.29 is 61.9 Å². The number of hydrogen-bond donors (Lipinski definition) is 4. The van der Waals surface area contributed by atoms with Gasteiger partial charge in [-0.25, -0.2) is 57.0 Å². The van der Waals surface area contributed by atoms with Crippen LogP contribution in [0.25, 0.3) is 11.1 Å². The summed E-state index contributed by atoms with van der Waals surface area (Å²) >= 11 is 11.3. The fourth-order valence-electron chi connectivity index (χ4n) is 10.4. The highest BCUT2D eigenvalue weighted by Gasteiger charge is 2.31. The second-order valence-electron chi connectivity index (χ2n) is 21.0. The molecule has 3 saturated heterocycles. The lowest BCUT2D eigenvalue weighted by atomic mass is 9.95. The van der Waals surface area contributed by atoms with Crippen LogP contribution in [0.3, 0.4) is 0 Å². The van der Waals surface area contributed by atoms with Crippen molar-refractivity contribution in [1.82, 2.24) is 29.3 Å². The molecule has 0 bridgehead atoms. The molecule has 1 saturated carbocycles. The van der Waals surface area contributed by atoms with Gasteiger partial charge >= 0.3 is 0 Å². The molecule has 0 aromatic heterocycles. The van der Waals surface area contributed by atoms with Gasteiger partial charge < -0.3 is 19.9 Å². The van der Waals surface area contributed by atoms with E-state index in [-0.39, 0.29) is 56.4 Å². The Labute approximate surface area is 483 Å². The summed E-state index contributed by atoms with van der Waals surface area (Å²) in [5, 5.41) is 1.90. The number of Topliss-reactive ketones (excluding diaryl/α,β-unsaturated/α-hetero) is 3. The molecule has 16 nitrogen and oxygen atoms in total. The second kappa shape index (κ2) is 30.5. The minimum Gasteiger partial charge on any atom is -0.383 e. The summed E-state index contributed by atoms with van der Waals surface area (Å²) in [6, 6.07) is 15.6. The molecule has 81 heavy (non-hydrogen) atoms. The van der Waals surface area contributed by atoms with E-state index in [0.717, 1.165) is 76.3 Å². The Morgan fingerprint density at radius 3 is 1.93 bits per heavy atom. The van der Waals surface area contributed by atoms with Gasteiger partial charge in [-0.2, -0.15) is 0 Å². The third-order valence-corrected chi connectivity index (χ3v) is 20.6. The highest BCUT2D eigenvalue weighted by atomic mass is 35.5. The van der Waals surface area contributed by atoms with Crippen LogP contribution in [0.4, 0.5) is 17.6 Å². The molecule has 0 amide bonds. The van der Waals surface area contributed by atoms with Crippen LogP contribution in [0.1, 0.15) is 112 Å². The second-order valence-corrected chi connectivity index (χ2v) is 27.8. The highest BCUT2D eigenvalue weighted by molar-refractivity contribution is 7.90. The summed E-state index contributed by atoms with van der Waals surface area (Å²) in [6.45, 7) is 6.04. The number of nitrogens with one attached hydrogen (secondary N) is 4. The number of likely N-dealkylation sites (tertiary alicyclic amines) is 2. The molecule has 0 radical (unpaired) electrons. The van der Waals surface area contributed by atoms with E-state index in [9.17, 15) is 57.2 Å². The van der Waals surface area contributed by atoms with Gasteiger partial charge in [0.25, 0.3) is 0 Å². The zero-order valence-electron chi connectivity index (χ0n) is 45.7. The molecule has 2 atom stereocenters. The lowest BCUT2D eigenvalue weighted by Gasteiger charge is -2.32. The Bertz CT molecular complexity index is 3190. The summed E-state index contributed by atoms with van der Waals surface area (Å²) in [4.78, 5) is 41.5. The lowest BCUT2D eigenvalue weighted by Crippen LogP contribution is -2.43. The molecular formula is C56H72Cl2F4N6O10S3. The third-order valence-electron chi connectivity index (χ3n) is 14.9. The van der Waals surface area contributed by atoms with Crippen LogP contribution in [-0.4, -0.2) is 155 Å². The van der Waals surface area contributed by atoms with Crippen molar-refractivity contribution in [3.8, 4) is 11.1 Å². The maximum atomic E-state index is 14.7. The molecule has 0 spiro atoms. The topological polar surface area (TPSA) is 217 Å². The van der Waals surface area contributed by atoms with Gasteiger partial charge in [-0.3, -0.25) is 14.4 Å². The van der Waals surface area contributed by atoms with Crippen LogP contribution in [0, 0.1) is 36.1 Å². The molecule has 3 aliphatic heterocycles. The monoisotopic (exact) mass is 1230 g/mol. The zero-order valence-corrected chi connectivity index (χ0v) is 49.6. The molecule has 3 heterocycles. The molecule has 2 unspecified atom stereocenters. The van der Waals surface area contributed by atoms with E-state index in [4.69, 9.17) is 27.9 Å². The fraction of sp³-hybridized carbons (Fsp3) is 0.518. The lowest BCUT2D eigenvalue weighted by molar-refractivity contribution is 0.0985. The highest BCUT2D eigenvalue weighted by Crippen LogP contribution is 2.30. The number of methoxy groups -OCH3 is 1. The van der Waals surface area contributed by atoms with E-state index in [0.29, 0.717) is 63.1 Å². The van der Waals surface area contributed by atoms with Crippen molar-refractivity contribution >= 4 is 70.6 Å². The number of piperidine rings is 2. The van der Waals surface area contributed by atoms with E-state index in [1.54, 1.807) is 25.3 Å². The predicted octanol–water partition coefficient (Wildman–Crippen LogP) is 8.07. The molecule has 4 aromatic rings. The van der Waals surface area contributed by atoms with Crippen LogP contribution >= 0.6 is 23.2 Å². The Hall–Kier alpha value is -4.24. The van der Waals surface area contributed by atoms with E-state index >= 15 is 0 Å². The Kier molecular flexibility index (Phi) is 24.8. The Morgan fingerprint density at radius 2 is 1.30 bits per heavy atom. The molecule has 1 aliphatic carbocycles. The largest absolute Gasteiger partial charge is 0.383 e. The number of nitrogens with zero attached hydrogens (tertiary/aromatic N) is 2. The quantitative estimate of drug-likeness (QED) is 0.0353. The normalized spacial score (nSPS) is 18.8. The summed E-state index contributed by atoms with van der Waals surface area (Å²) in [5.41, 5.74) is 1.57. The van der Waals surface area contributed by atoms with E-state index in [2.05, 4.69) is 29.3 Å². The van der Waals surface area contributed by atoms with Crippen LogP contribution < -0.4 is 19.5 Å². The van der Waals surface area contributed by atoms with E-state index in [1.165, 1.54) is 49.4 Å². The van der Waals surface area contributed by atoms with Crippen molar-refractivity contribution in [2.75, 3.05) is 92.0 Å². The number of carbonyl (C=O) groups excluding carboxylic acids is 3. The summed E-state index contributed by atoms with van der Waals surface area (Å²) < 4.78 is 142. The number of aryl methyl sites for hydroxylation is 1. The average Bonchev–Trinajstić information content (AvgIpc) is 3.90. The minimum absolute atomic E-state index is 0.0246. The van der Waals surface area contributed by atoms with Crippen LogP contribution in [0.2, 0.25) is 10.0 Å². The van der Waals surface area contributed by atoms with Crippen molar-refractivity contribution in [3.05, 3.63) is 128 Å². The Balaban J connectivity index is 0.000000200. The standard InChI is InChI=1S/C24H30F2N2O4S.C19H27FN2O3S.C13H15Cl2FN2O3S/c1-17-11-20(19-6-3-7-21(25)12-19)13-22(24(17)26)23(29)14-27-33(30,31)16-18-5-4-8-28(15-18)9-10-32-2;1-22-10-9-15(13-22)14-7-8-18(20)17(11-14)19(23)12-21-26(24,25)16-5-3-2-4-6-16;14-8-5-10(13(16)11(15)6-8)12(19)7-18-22(20,21)9-1-3-17-4-2-9/h3,6-7,11-13,18,27H,4-5,8-10,14-16H2,1-2H3;7-8,11,15-16,21H,2-6,9-10,12-13H2,1H3;5-6,9,17-18H,1-4,7H2. The van der Waals surface area contributed by atoms with E-state index < -0.39 is 94.3 Å². The molecule has 4 N–H and O–H groups in total. The van der Waals surface area contributed by atoms with Gasteiger partial charge in [0.2, 0.25) is 30.1 Å². The van der Waals surface area contributed by atoms with E-state index in [1.807, 2.05) is 7.05 Å². The average molecular weight is 1230 g/mol. The van der Waals surface area contributed by atoms with Gasteiger partial charge in [-0.05, 0) is 168 Å². The maximum Gasteiger partial charge on any atom is 0.214 e. The molecule has 4 aliphatic rings. The number of likely N-dealkylation sites (N-methyl/N-ethyl adjacent to an activating group) is 1. The van der Waals surface area contributed by atoms with Crippen LogP contribution in [-0.2, 0) is 34.8 Å². The molecular weight excluding hydrogens is 1160 g/mol. The zero-order chi connectivity index (χ0) is 59.1. The molecule has 25 heteroatoms. The number of rotatable bonds is 21. The number of hydrogen-bond acceptors (Lipinski definition) is 13. The molecule has 446 valence electrons. The van der Waals surface area contributed by atoms with Gasteiger partial charge in [0, 0.05) is 31.8 Å². The van der Waals surface area contributed by atoms with Crippen molar-refractivity contribution in [3.63, 3.8) is 0 Å². The van der Waals surface area contributed by atoms with Crippen molar-refractivity contribution in [2.45, 2.75) is 87.5 Å². The number of ketones is 3. The predicted molar refractivity (Wildman–Crippen MR) is 307 cm³/mol. The Morgan fingerprint density at radius 1 is 0.667 bits per heavy atom. The number of sulfonamides is 3.